The minimum Gasteiger partial charge on any atom is -0.370 e. The van der Waals surface area contributed by atoms with Gasteiger partial charge >= 0.3 is 0 Å². The molecule has 98 valence electrons. The van der Waals surface area contributed by atoms with E-state index in [9.17, 15) is 0 Å². The van der Waals surface area contributed by atoms with Crippen LogP contribution in [0.15, 0.2) is 4.99 Å². The second-order valence-electron chi connectivity index (χ2n) is 5.70. The summed E-state index contributed by atoms with van der Waals surface area (Å²) in [6.45, 7) is 5.52. The van der Waals surface area contributed by atoms with Crippen LogP contribution in [0.1, 0.15) is 58.8 Å². The molecule has 1 aliphatic carbocycles. The summed E-state index contributed by atoms with van der Waals surface area (Å²) in [6.07, 6.45) is 9.36. The van der Waals surface area contributed by atoms with E-state index in [1.165, 1.54) is 44.9 Å². The summed E-state index contributed by atoms with van der Waals surface area (Å²) in [4.78, 5) is 6.95. The van der Waals surface area contributed by atoms with E-state index in [1.807, 2.05) is 0 Å². The molecular formula is C14H27N3. The van der Waals surface area contributed by atoms with Gasteiger partial charge in [0.15, 0.2) is 5.96 Å². The third-order valence-corrected chi connectivity index (χ3v) is 4.58. The fourth-order valence-electron chi connectivity index (χ4n) is 3.25. The predicted octanol–water partition coefficient (Wildman–Crippen LogP) is 2.75. The van der Waals surface area contributed by atoms with Gasteiger partial charge in [0.05, 0.1) is 12.6 Å². The van der Waals surface area contributed by atoms with Crippen molar-refractivity contribution in [3.63, 3.8) is 0 Å². The Kier molecular flexibility index (Phi) is 4.30. The fourth-order valence-corrected chi connectivity index (χ4v) is 3.25. The molecular weight excluding hydrogens is 210 g/mol. The molecule has 0 aromatic rings. The van der Waals surface area contributed by atoms with E-state index in [0.717, 1.165) is 12.5 Å². The average molecular weight is 237 g/mol. The molecule has 2 N–H and O–H groups in total. The van der Waals surface area contributed by atoms with Crippen molar-refractivity contribution in [2.24, 2.45) is 16.6 Å². The standard InChI is InChI=1S/C14H27N3/c1-3-11(2)13-10-16-14(15)17(13)12-8-6-4-5-7-9-12/h11-13H,3-10H2,1-2H3,(H2,15,16). The Morgan fingerprint density at radius 1 is 1.29 bits per heavy atom. The van der Waals surface area contributed by atoms with Crippen LogP contribution in [0, 0.1) is 5.92 Å². The van der Waals surface area contributed by atoms with E-state index in [0.29, 0.717) is 18.0 Å². The van der Waals surface area contributed by atoms with Gasteiger partial charge in [-0.2, -0.15) is 0 Å². The van der Waals surface area contributed by atoms with Crippen molar-refractivity contribution in [2.75, 3.05) is 6.54 Å². The summed E-state index contributed by atoms with van der Waals surface area (Å²) in [5.74, 6) is 1.50. The Bertz CT molecular complexity index is 267. The highest BCUT2D eigenvalue weighted by atomic mass is 15.3. The minimum absolute atomic E-state index is 0.558. The zero-order valence-electron chi connectivity index (χ0n) is 11.4. The number of hydrogen-bond acceptors (Lipinski definition) is 3. The molecule has 0 aromatic heterocycles. The lowest BCUT2D eigenvalue weighted by Crippen LogP contribution is -2.49. The number of hydrogen-bond donors (Lipinski definition) is 1. The number of aliphatic imine (C=N–C) groups is 1. The normalized spacial score (nSPS) is 28.9. The molecule has 2 unspecified atom stereocenters. The summed E-state index contributed by atoms with van der Waals surface area (Å²) >= 11 is 0. The lowest BCUT2D eigenvalue weighted by Gasteiger charge is -2.36. The summed E-state index contributed by atoms with van der Waals surface area (Å²) in [6, 6.07) is 1.21. The van der Waals surface area contributed by atoms with Gasteiger partial charge in [0.25, 0.3) is 0 Å². The molecule has 0 bridgehead atoms. The molecule has 3 heteroatoms. The van der Waals surface area contributed by atoms with Crippen LogP contribution in [0.3, 0.4) is 0 Å². The third kappa shape index (κ3) is 2.75. The van der Waals surface area contributed by atoms with Gasteiger partial charge in [-0.15, -0.1) is 0 Å². The van der Waals surface area contributed by atoms with Crippen LogP contribution in [0.25, 0.3) is 0 Å². The molecule has 3 nitrogen and oxygen atoms in total. The zero-order chi connectivity index (χ0) is 12.3. The highest BCUT2D eigenvalue weighted by Crippen LogP contribution is 2.28. The Hall–Kier alpha value is -0.730. The van der Waals surface area contributed by atoms with Gasteiger partial charge in [-0.3, -0.25) is 4.99 Å². The molecule has 2 rings (SSSR count). The van der Waals surface area contributed by atoms with Gasteiger partial charge in [-0.05, 0) is 18.8 Å². The molecule has 17 heavy (non-hydrogen) atoms. The average Bonchev–Trinajstić information content (AvgIpc) is 2.57. The van der Waals surface area contributed by atoms with Gasteiger partial charge in [0.1, 0.15) is 0 Å². The van der Waals surface area contributed by atoms with Crippen LogP contribution in [-0.2, 0) is 0 Å². The zero-order valence-corrected chi connectivity index (χ0v) is 11.4. The van der Waals surface area contributed by atoms with E-state index in [1.54, 1.807) is 0 Å². The lowest BCUT2D eigenvalue weighted by atomic mass is 9.95. The van der Waals surface area contributed by atoms with Crippen molar-refractivity contribution in [3.05, 3.63) is 0 Å². The first-order valence-electron chi connectivity index (χ1n) is 7.32. The first-order chi connectivity index (χ1) is 8.24. The Morgan fingerprint density at radius 3 is 2.53 bits per heavy atom. The van der Waals surface area contributed by atoms with Crippen LogP contribution in [0.2, 0.25) is 0 Å². The van der Waals surface area contributed by atoms with Crippen molar-refractivity contribution in [2.45, 2.75) is 70.9 Å². The van der Waals surface area contributed by atoms with Crippen molar-refractivity contribution in [1.29, 1.82) is 0 Å². The number of rotatable bonds is 3. The first-order valence-corrected chi connectivity index (χ1v) is 7.32. The van der Waals surface area contributed by atoms with Gasteiger partial charge in [-0.1, -0.05) is 46.0 Å². The summed E-state index contributed by atoms with van der Waals surface area (Å²) in [5, 5.41) is 0. The summed E-state index contributed by atoms with van der Waals surface area (Å²) in [7, 11) is 0. The topological polar surface area (TPSA) is 41.6 Å². The molecule has 0 aromatic carbocycles. The van der Waals surface area contributed by atoms with Crippen LogP contribution in [0.5, 0.6) is 0 Å². The van der Waals surface area contributed by atoms with Gasteiger partial charge < -0.3 is 10.6 Å². The van der Waals surface area contributed by atoms with E-state index >= 15 is 0 Å². The Morgan fingerprint density at radius 2 is 1.94 bits per heavy atom. The van der Waals surface area contributed by atoms with E-state index in [2.05, 4.69) is 23.7 Å². The van der Waals surface area contributed by atoms with Crippen LogP contribution >= 0.6 is 0 Å². The second-order valence-corrected chi connectivity index (χ2v) is 5.70. The van der Waals surface area contributed by atoms with Crippen LogP contribution in [0.4, 0.5) is 0 Å². The maximum atomic E-state index is 6.12. The predicted molar refractivity (Wildman–Crippen MR) is 73.1 cm³/mol. The van der Waals surface area contributed by atoms with Gasteiger partial charge in [0.2, 0.25) is 0 Å². The number of guanidine groups is 1. The Labute approximate surface area is 105 Å². The van der Waals surface area contributed by atoms with Crippen LogP contribution in [-0.4, -0.2) is 29.5 Å². The van der Waals surface area contributed by atoms with E-state index in [-0.39, 0.29) is 0 Å². The van der Waals surface area contributed by atoms with E-state index < -0.39 is 0 Å². The van der Waals surface area contributed by atoms with Crippen molar-refractivity contribution in [3.8, 4) is 0 Å². The lowest BCUT2D eigenvalue weighted by molar-refractivity contribution is 0.186. The number of nitrogens with two attached hydrogens (primary N) is 1. The molecule has 1 heterocycles. The van der Waals surface area contributed by atoms with E-state index in [4.69, 9.17) is 5.73 Å². The Balaban J connectivity index is 2.06. The molecule has 2 aliphatic rings. The largest absolute Gasteiger partial charge is 0.370 e. The maximum absolute atomic E-state index is 6.12. The molecule has 1 aliphatic heterocycles. The highest BCUT2D eigenvalue weighted by molar-refractivity contribution is 5.80. The smallest absolute Gasteiger partial charge is 0.191 e. The summed E-state index contributed by atoms with van der Waals surface area (Å²) in [5.41, 5.74) is 6.12. The quantitative estimate of drug-likeness (QED) is 0.767. The number of nitrogens with zero attached hydrogens (tertiary/aromatic N) is 2. The van der Waals surface area contributed by atoms with Crippen molar-refractivity contribution >= 4 is 5.96 Å². The highest BCUT2D eigenvalue weighted by Gasteiger charge is 2.34. The SMILES string of the molecule is CCC(C)C1CN=C(N)N1C1CCCCCC1. The summed E-state index contributed by atoms with van der Waals surface area (Å²) < 4.78 is 0. The van der Waals surface area contributed by atoms with Crippen LogP contribution < -0.4 is 5.73 Å². The minimum atomic E-state index is 0.558. The monoisotopic (exact) mass is 237 g/mol. The van der Waals surface area contributed by atoms with Gasteiger partial charge in [-0.25, -0.2) is 0 Å². The molecule has 1 fully saturated rings. The fraction of sp³-hybridized carbons (Fsp3) is 0.929. The first kappa shape index (κ1) is 12.7. The maximum Gasteiger partial charge on any atom is 0.191 e. The molecule has 0 spiro atoms. The third-order valence-electron chi connectivity index (χ3n) is 4.58. The molecule has 0 radical (unpaired) electrons. The molecule has 0 saturated heterocycles. The molecule has 1 saturated carbocycles. The molecule has 0 amide bonds. The van der Waals surface area contributed by atoms with Crippen molar-refractivity contribution < 1.29 is 0 Å². The molecule has 2 atom stereocenters. The van der Waals surface area contributed by atoms with Gasteiger partial charge in [0, 0.05) is 6.04 Å². The second kappa shape index (κ2) is 5.74. The van der Waals surface area contributed by atoms with Crippen molar-refractivity contribution in [1.82, 2.24) is 4.90 Å².